The highest BCUT2D eigenvalue weighted by atomic mass is 16.5. The first-order valence-electron chi connectivity index (χ1n) is 6.52. The first-order chi connectivity index (χ1) is 10.6. The molecule has 118 valence electrons. The number of hydrogen-bond acceptors (Lipinski definition) is 5. The third-order valence-electron chi connectivity index (χ3n) is 2.59. The highest BCUT2D eigenvalue weighted by molar-refractivity contribution is 5.97. The van der Waals surface area contributed by atoms with Gasteiger partial charge in [0.1, 0.15) is 17.9 Å². The van der Waals surface area contributed by atoms with E-state index in [2.05, 4.69) is 22.4 Å². The summed E-state index contributed by atoms with van der Waals surface area (Å²) in [7, 11) is 3.08. The van der Waals surface area contributed by atoms with Crippen LogP contribution in [0.3, 0.4) is 0 Å². The number of amides is 2. The summed E-state index contributed by atoms with van der Waals surface area (Å²) in [5.74, 6) is 0.311. The van der Waals surface area contributed by atoms with E-state index in [0.717, 1.165) is 0 Å². The van der Waals surface area contributed by atoms with Crippen LogP contribution in [0.2, 0.25) is 0 Å². The molecule has 0 aliphatic carbocycles. The van der Waals surface area contributed by atoms with Gasteiger partial charge in [-0.15, -0.1) is 6.58 Å². The molecule has 0 fully saturated rings. The quantitative estimate of drug-likeness (QED) is 0.322. The summed E-state index contributed by atoms with van der Waals surface area (Å²) in [5.41, 5.74) is 2.91. The number of hydrogen-bond donors (Lipinski definition) is 2. The minimum atomic E-state index is -0.514. The van der Waals surface area contributed by atoms with E-state index in [-0.39, 0.29) is 6.42 Å². The highest BCUT2D eigenvalue weighted by Gasteiger charge is 2.07. The maximum atomic E-state index is 11.5. The van der Waals surface area contributed by atoms with Crippen LogP contribution in [0, 0.1) is 0 Å². The molecule has 2 amide bonds. The molecule has 0 saturated heterocycles. The summed E-state index contributed by atoms with van der Waals surface area (Å²) >= 11 is 0. The summed E-state index contributed by atoms with van der Waals surface area (Å²) in [6.07, 6.45) is 2.64. The number of rotatable bonds is 8. The average molecular weight is 305 g/mol. The van der Waals surface area contributed by atoms with E-state index >= 15 is 0 Å². The smallest absolute Gasteiger partial charge is 0.249 e. The third kappa shape index (κ3) is 5.66. The molecule has 7 heteroatoms. The number of nitrogens with one attached hydrogen (secondary N) is 2. The molecular weight excluding hydrogens is 286 g/mol. The Kier molecular flexibility index (Phi) is 7.18. The second-order valence-corrected chi connectivity index (χ2v) is 4.17. The van der Waals surface area contributed by atoms with Crippen LogP contribution < -0.4 is 20.2 Å². The molecule has 0 aromatic heterocycles. The second-order valence-electron chi connectivity index (χ2n) is 4.17. The fourth-order valence-electron chi connectivity index (χ4n) is 1.55. The maximum Gasteiger partial charge on any atom is 0.249 e. The van der Waals surface area contributed by atoms with Gasteiger partial charge in [0.15, 0.2) is 0 Å². The Balaban J connectivity index is 2.59. The standard InChI is InChI=1S/C15H19N3O4/c1-4-7-16-14(19)9-15(20)18-17-10-11-8-12(21-2)5-6-13(11)22-3/h4-6,8,10H,1,7,9H2,2-3H3,(H,16,19)(H,18,20). The zero-order chi connectivity index (χ0) is 16.4. The SMILES string of the molecule is C=CCNC(=O)CC(=O)NN=Cc1cc(OC)ccc1OC. The van der Waals surface area contributed by atoms with E-state index in [4.69, 9.17) is 9.47 Å². The molecule has 1 aromatic carbocycles. The molecule has 0 heterocycles. The Bertz CT molecular complexity index is 570. The summed E-state index contributed by atoms with van der Waals surface area (Å²) in [6.45, 7) is 3.78. The van der Waals surface area contributed by atoms with Crippen LogP contribution in [-0.2, 0) is 9.59 Å². The van der Waals surface area contributed by atoms with E-state index < -0.39 is 11.8 Å². The van der Waals surface area contributed by atoms with Crippen molar-refractivity contribution in [3.05, 3.63) is 36.4 Å². The van der Waals surface area contributed by atoms with Crippen molar-refractivity contribution in [2.24, 2.45) is 5.10 Å². The number of ether oxygens (including phenoxy) is 2. The monoisotopic (exact) mass is 305 g/mol. The van der Waals surface area contributed by atoms with Crippen molar-refractivity contribution in [2.75, 3.05) is 20.8 Å². The molecule has 0 saturated carbocycles. The number of methoxy groups -OCH3 is 2. The summed E-state index contributed by atoms with van der Waals surface area (Å²) < 4.78 is 10.3. The summed E-state index contributed by atoms with van der Waals surface area (Å²) in [6, 6.07) is 5.19. The van der Waals surface area contributed by atoms with Crippen LogP contribution in [0.25, 0.3) is 0 Å². The van der Waals surface area contributed by atoms with Crippen molar-refractivity contribution < 1.29 is 19.1 Å². The zero-order valence-electron chi connectivity index (χ0n) is 12.6. The minimum Gasteiger partial charge on any atom is -0.497 e. The first kappa shape index (κ1) is 17.2. The van der Waals surface area contributed by atoms with Gasteiger partial charge in [0.05, 0.1) is 20.4 Å². The van der Waals surface area contributed by atoms with Crippen molar-refractivity contribution in [1.82, 2.24) is 10.7 Å². The topological polar surface area (TPSA) is 89.0 Å². The van der Waals surface area contributed by atoms with E-state index in [9.17, 15) is 9.59 Å². The lowest BCUT2D eigenvalue weighted by molar-refractivity contribution is -0.129. The van der Waals surface area contributed by atoms with Crippen molar-refractivity contribution in [3.63, 3.8) is 0 Å². The van der Waals surface area contributed by atoms with E-state index in [0.29, 0.717) is 23.6 Å². The molecule has 1 rings (SSSR count). The van der Waals surface area contributed by atoms with Crippen molar-refractivity contribution in [3.8, 4) is 11.5 Å². The van der Waals surface area contributed by atoms with Crippen molar-refractivity contribution >= 4 is 18.0 Å². The highest BCUT2D eigenvalue weighted by Crippen LogP contribution is 2.22. The molecule has 1 aromatic rings. The second kappa shape index (κ2) is 9.17. The Hall–Kier alpha value is -2.83. The molecule has 2 N–H and O–H groups in total. The van der Waals surface area contributed by atoms with Crippen LogP contribution in [0.5, 0.6) is 11.5 Å². The lowest BCUT2D eigenvalue weighted by atomic mass is 10.2. The zero-order valence-corrected chi connectivity index (χ0v) is 12.6. The third-order valence-corrected chi connectivity index (χ3v) is 2.59. The molecule has 0 bridgehead atoms. The molecule has 0 aliphatic rings. The van der Waals surface area contributed by atoms with E-state index in [1.54, 1.807) is 25.3 Å². The summed E-state index contributed by atoms with van der Waals surface area (Å²) in [5, 5.41) is 6.30. The first-order valence-corrected chi connectivity index (χ1v) is 6.52. The van der Waals surface area contributed by atoms with Gasteiger partial charge in [0.25, 0.3) is 0 Å². The van der Waals surface area contributed by atoms with Crippen LogP contribution in [0.1, 0.15) is 12.0 Å². The van der Waals surface area contributed by atoms with Crippen LogP contribution >= 0.6 is 0 Å². The van der Waals surface area contributed by atoms with E-state index in [1.807, 2.05) is 0 Å². The normalized spacial score (nSPS) is 10.1. The van der Waals surface area contributed by atoms with Gasteiger partial charge in [-0.05, 0) is 18.2 Å². The molecule has 0 atom stereocenters. The predicted octanol–water partition coefficient (Wildman–Crippen LogP) is 0.846. The number of carbonyl (C=O) groups excluding carboxylic acids is 2. The van der Waals surface area contributed by atoms with Gasteiger partial charge in [-0.1, -0.05) is 6.08 Å². The number of nitrogens with zero attached hydrogens (tertiary/aromatic N) is 1. The molecule has 0 unspecified atom stereocenters. The fraction of sp³-hybridized carbons (Fsp3) is 0.267. The lowest BCUT2D eigenvalue weighted by Gasteiger charge is -2.06. The van der Waals surface area contributed by atoms with Gasteiger partial charge < -0.3 is 14.8 Å². The van der Waals surface area contributed by atoms with Crippen molar-refractivity contribution in [1.29, 1.82) is 0 Å². The summed E-state index contributed by atoms with van der Waals surface area (Å²) in [4.78, 5) is 22.8. The minimum absolute atomic E-state index is 0.305. The van der Waals surface area contributed by atoms with Gasteiger partial charge in [-0.25, -0.2) is 5.43 Å². The Morgan fingerprint density at radius 3 is 2.68 bits per heavy atom. The molecule has 0 radical (unpaired) electrons. The maximum absolute atomic E-state index is 11.5. The average Bonchev–Trinajstić information content (AvgIpc) is 2.52. The molecule has 0 aliphatic heterocycles. The number of carbonyl (C=O) groups is 2. The largest absolute Gasteiger partial charge is 0.497 e. The van der Waals surface area contributed by atoms with Gasteiger partial charge in [-0.3, -0.25) is 9.59 Å². The fourth-order valence-corrected chi connectivity index (χ4v) is 1.55. The van der Waals surface area contributed by atoms with Crippen LogP contribution in [0.15, 0.2) is 36.0 Å². The predicted molar refractivity (Wildman–Crippen MR) is 83.1 cm³/mol. The number of hydrazone groups is 1. The van der Waals surface area contributed by atoms with Gasteiger partial charge >= 0.3 is 0 Å². The Labute approximate surface area is 129 Å². The lowest BCUT2D eigenvalue weighted by Crippen LogP contribution is -2.29. The van der Waals surface area contributed by atoms with Crippen molar-refractivity contribution in [2.45, 2.75) is 6.42 Å². The van der Waals surface area contributed by atoms with E-state index in [1.165, 1.54) is 19.4 Å². The molecule has 22 heavy (non-hydrogen) atoms. The van der Waals surface area contributed by atoms with Crippen LogP contribution in [-0.4, -0.2) is 38.8 Å². The van der Waals surface area contributed by atoms with Gasteiger partial charge in [0, 0.05) is 12.1 Å². The molecule has 0 spiro atoms. The van der Waals surface area contributed by atoms with Crippen LogP contribution in [0.4, 0.5) is 0 Å². The van der Waals surface area contributed by atoms with Gasteiger partial charge in [0.2, 0.25) is 11.8 Å². The molecular formula is C15H19N3O4. The Morgan fingerprint density at radius 2 is 2.05 bits per heavy atom. The van der Waals surface area contributed by atoms with Gasteiger partial charge in [-0.2, -0.15) is 5.10 Å². The number of benzene rings is 1. The molecule has 7 nitrogen and oxygen atoms in total. The Morgan fingerprint density at radius 1 is 1.27 bits per heavy atom.